The number of nitrogens with one attached hydrogen (secondary N) is 2. The Kier molecular flexibility index (Phi) is 3.94. The highest BCUT2D eigenvalue weighted by molar-refractivity contribution is 8.00. The van der Waals surface area contributed by atoms with Crippen LogP contribution >= 0.6 is 23.1 Å². The van der Waals surface area contributed by atoms with E-state index in [0.29, 0.717) is 0 Å². The summed E-state index contributed by atoms with van der Waals surface area (Å²) < 4.78 is 0. The Morgan fingerprint density at radius 1 is 1.30 bits per heavy atom. The molecule has 0 unspecified atom stereocenters. The third kappa shape index (κ3) is 3.18. The van der Waals surface area contributed by atoms with E-state index in [4.69, 9.17) is 0 Å². The molecule has 2 heterocycles. The van der Waals surface area contributed by atoms with Gasteiger partial charge in [-0.05, 0) is 37.7 Å². The summed E-state index contributed by atoms with van der Waals surface area (Å²) in [6.45, 7) is 0. The van der Waals surface area contributed by atoms with Crippen LogP contribution in [0.2, 0.25) is 0 Å². The molecule has 0 radical (unpaired) electrons. The van der Waals surface area contributed by atoms with Crippen molar-refractivity contribution in [1.29, 1.82) is 0 Å². The summed E-state index contributed by atoms with van der Waals surface area (Å²) in [5, 5.41) is 7.05. The molecule has 1 saturated carbocycles. The van der Waals surface area contributed by atoms with Crippen LogP contribution in [0, 0.1) is 0 Å². The number of hydrogen-bond donors (Lipinski definition) is 2. The number of nitrogens with zero attached hydrogens (tertiary/aromatic N) is 2. The molecule has 0 saturated heterocycles. The molecule has 0 atom stereocenters. The smallest absolute Gasteiger partial charge is 0.321 e. The Hall–Kier alpha value is -1.67. The highest BCUT2D eigenvalue weighted by Gasteiger charge is 2.24. The van der Waals surface area contributed by atoms with Gasteiger partial charge < -0.3 is 5.32 Å². The highest BCUT2D eigenvalue weighted by Crippen LogP contribution is 2.39. The van der Waals surface area contributed by atoms with E-state index in [1.54, 1.807) is 17.7 Å². The second-order valence-electron chi connectivity index (χ2n) is 5.80. The first-order valence-corrected chi connectivity index (χ1v) is 9.49. The van der Waals surface area contributed by atoms with Gasteiger partial charge in [0.05, 0.1) is 5.75 Å². The Labute approximate surface area is 141 Å². The maximum Gasteiger partial charge on any atom is 0.321 e. The van der Waals surface area contributed by atoms with Crippen molar-refractivity contribution >= 4 is 45.3 Å². The maximum atomic E-state index is 11.9. The SMILES string of the molecule is O=C(CSc1ncnc2sc3c(c12)CCC3)NC(=O)NC1CC1. The van der Waals surface area contributed by atoms with Crippen LogP contribution in [0.1, 0.15) is 29.7 Å². The number of rotatable bonds is 4. The number of aryl methyl sites for hydroxylation is 2. The summed E-state index contributed by atoms with van der Waals surface area (Å²) in [6.07, 6.45) is 6.90. The van der Waals surface area contributed by atoms with Crippen molar-refractivity contribution < 1.29 is 9.59 Å². The van der Waals surface area contributed by atoms with Gasteiger partial charge in [-0.25, -0.2) is 14.8 Å². The fraction of sp³-hybridized carbons (Fsp3) is 0.467. The van der Waals surface area contributed by atoms with Crippen molar-refractivity contribution in [2.45, 2.75) is 43.2 Å². The van der Waals surface area contributed by atoms with Gasteiger partial charge in [0.15, 0.2) is 0 Å². The van der Waals surface area contributed by atoms with E-state index in [9.17, 15) is 9.59 Å². The number of imide groups is 1. The Bertz CT molecular complexity index is 785. The monoisotopic (exact) mass is 348 g/mol. The van der Waals surface area contributed by atoms with E-state index in [2.05, 4.69) is 20.6 Å². The Morgan fingerprint density at radius 3 is 3.00 bits per heavy atom. The minimum atomic E-state index is -0.401. The van der Waals surface area contributed by atoms with Crippen molar-refractivity contribution in [2.75, 3.05) is 5.75 Å². The van der Waals surface area contributed by atoms with Crippen molar-refractivity contribution in [2.24, 2.45) is 0 Å². The van der Waals surface area contributed by atoms with Crippen LogP contribution < -0.4 is 10.6 Å². The van der Waals surface area contributed by atoms with Crippen LogP contribution in [0.25, 0.3) is 10.2 Å². The molecule has 2 aliphatic rings. The van der Waals surface area contributed by atoms with Gasteiger partial charge in [-0.2, -0.15) is 0 Å². The van der Waals surface area contributed by atoms with E-state index < -0.39 is 6.03 Å². The lowest BCUT2D eigenvalue weighted by molar-refractivity contribution is -0.117. The second-order valence-corrected chi connectivity index (χ2v) is 7.85. The third-order valence-corrected chi connectivity index (χ3v) is 6.16. The average molecular weight is 348 g/mol. The quantitative estimate of drug-likeness (QED) is 0.654. The van der Waals surface area contributed by atoms with Gasteiger partial charge in [-0.3, -0.25) is 10.1 Å². The molecule has 0 bridgehead atoms. The molecule has 0 aromatic carbocycles. The molecule has 2 aromatic rings. The first-order chi connectivity index (χ1) is 11.2. The number of thioether (sulfide) groups is 1. The molecular weight excluding hydrogens is 332 g/mol. The molecule has 4 rings (SSSR count). The molecule has 0 spiro atoms. The zero-order chi connectivity index (χ0) is 15.8. The number of carbonyl (C=O) groups excluding carboxylic acids is 2. The van der Waals surface area contributed by atoms with Crippen LogP contribution in [-0.2, 0) is 17.6 Å². The van der Waals surface area contributed by atoms with Crippen LogP contribution in [0.4, 0.5) is 4.79 Å². The molecule has 2 N–H and O–H groups in total. The maximum absolute atomic E-state index is 11.9. The van der Waals surface area contributed by atoms with Gasteiger partial charge in [-0.1, -0.05) is 11.8 Å². The van der Waals surface area contributed by atoms with E-state index >= 15 is 0 Å². The summed E-state index contributed by atoms with van der Waals surface area (Å²) in [7, 11) is 0. The predicted octanol–water partition coefficient (Wildman–Crippen LogP) is 2.26. The van der Waals surface area contributed by atoms with Crippen molar-refractivity contribution in [1.82, 2.24) is 20.6 Å². The van der Waals surface area contributed by atoms with Gasteiger partial charge in [-0.15, -0.1) is 11.3 Å². The first-order valence-electron chi connectivity index (χ1n) is 7.69. The summed E-state index contributed by atoms with van der Waals surface area (Å²) >= 11 is 3.10. The van der Waals surface area contributed by atoms with Crippen LogP contribution in [0.15, 0.2) is 11.4 Å². The van der Waals surface area contributed by atoms with Gasteiger partial charge in [0.1, 0.15) is 16.2 Å². The molecule has 1 fully saturated rings. The third-order valence-electron chi connectivity index (χ3n) is 3.97. The molecular formula is C15H16N4O2S2. The molecule has 2 aromatic heterocycles. The Balaban J connectivity index is 1.43. The van der Waals surface area contributed by atoms with E-state index in [1.807, 2.05) is 0 Å². The first kappa shape index (κ1) is 14.9. The minimum Gasteiger partial charge on any atom is -0.335 e. The van der Waals surface area contributed by atoms with Gasteiger partial charge in [0.2, 0.25) is 5.91 Å². The summed E-state index contributed by atoms with van der Waals surface area (Å²) in [6, 6.07) is -0.160. The molecule has 6 nitrogen and oxygen atoms in total. The van der Waals surface area contributed by atoms with Crippen molar-refractivity contribution in [3.63, 3.8) is 0 Å². The fourth-order valence-electron chi connectivity index (χ4n) is 2.75. The molecule has 2 aliphatic carbocycles. The molecule has 23 heavy (non-hydrogen) atoms. The van der Waals surface area contributed by atoms with Crippen molar-refractivity contribution in [3.05, 3.63) is 16.8 Å². The minimum absolute atomic E-state index is 0.175. The summed E-state index contributed by atoms with van der Waals surface area (Å²) in [5.74, 6) is -0.124. The van der Waals surface area contributed by atoms with Crippen molar-refractivity contribution in [3.8, 4) is 0 Å². The highest BCUT2D eigenvalue weighted by atomic mass is 32.2. The number of thiophene rings is 1. The average Bonchev–Trinajstić information content (AvgIpc) is 3.08. The van der Waals surface area contributed by atoms with Gasteiger partial charge >= 0.3 is 6.03 Å². The normalized spacial score (nSPS) is 16.3. The van der Waals surface area contributed by atoms with E-state index in [-0.39, 0.29) is 17.7 Å². The number of fused-ring (bicyclic) bond motifs is 3. The fourth-order valence-corrected chi connectivity index (χ4v) is 4.87. The molecule has 120 valence electrons. The van der Waals surface area contributed by atoms with Gasteiger partial charge in [0, 0.05) is 16.3 Å². The number of aromatic nitrogens is 2. The lowest BCUT2D eigenvalue weighted by Crippen LogP contribution is -2.41. The van der Waals surface area contributed by atoms with Crippen LogP contribution in [-0.4, -0.2) is 33.7 Å². The van der Waals surface area contributed by atoms with E-state index in [1.165, 1.54) is 28.6 Å². The predicted molar refractivity (Wildman–Crippen MR) is 89.9 cm³/mol. The zero-order valence-electron chi connectivity index (χ0n) is 12.4. The molecule has 8 heteroatoms. The Morgan fingerprint density at radius 2 is 2.17 bits per heavy atom. The number of hydrogen-bond acceptors (Lipinski definition) is 6. The lowest BCUT2D eigenvalue weighted by Gasteiger charge is -2.06. The lowest BCUT2D eigenvalue weighted by atomic mass is 10.2. The summed E-state index contributed by atoms with van der Waals surface area (Å²) in [4.78, 5) is 34.6. The van der Waals surface area contributed by atoms with Gasteiger partial charge in [0.25, 0.3) is 0 Å². The van der Waals surface area contributed by atoms with Crippen LogP contribution in [0.5, 0.6) is 0 Å². The standard InChI is InChI=1S/C15H16N4O2S2/c20-11(19-15(21)18-8-4-5-8)6-22-13-12-9-2-1-3-10(9)23-14(12)17-7-16-13/h7-8H,1-6H2,(H2,18,19,20,21). The number of carbonyl (C=O) groups is 2. The largest absolute Gasteiger partial charge is 0.335 e. The molecule has 3 amide bonds. The zero-order valence-corrected chi connectivity index (χ0v) is 14.1. The summed E-state index contributed by atoms with van der Waals surface area (Å²) in [5.41, 5.74) is 1.35. The number of amides is 3. The number of urea groups is 1. The molecule has 0 aliphatic heterocycles. The van der Waals surface area contributed by atoms with E-state index in [0.717, 1.165) is 40.9 Å². The van der Waals surface area contributed by atoms with Crippen LogP contribution in [0.3, 0.4) is 0 Å². The topological polar surface area (TPSA) is 84.0 Å². The second kappa shape index (κ2) is 6.09.